The summed E-state index contributed by atoms with van der Waals surface area (Å²) >= 11 is 0. The molecule has 4 rings (SSSR count). The first-order chi connectivity index (χ1) is 17.4. The van der Waals surface area contributed by atoms with Crippen molar-refractivity contribution in [2.45, 2.75) is 44.8 Å². The lowest BCUT2D eigenvalue weighted by atomic mass is 9.87. The molecule has 0 bridgehead atoms. The second-order valence-corrected chi connectivity index (χ2v) is 9.04. The number of carboxylic acid groups (broad SMARTS) is 1. The first-order valence-electron chi connectivity index (χ1n) is 12.1. The Hall–Kier alpha value is -3.95. The number of carbonyl (C=O) groups is 2. The molecule has 10 heteroatoms. The summed E-state index contributed by atoms with van der Waals surface area (Å²) in [7, 11) is 3.44. The SMILES string of the molecule is CN(CCc1ccccc1)C(=O)OCc1c(-c2ccc(O[C@H]3CCC[C@H](C(=O)O)C3)cn2)nnn1C. The fraction of sp³-hybridized carbons (Fsp3) is 0.423. The Labute approximate surface area is 209 Å². The first kappa shape index (κ1) is 25.2. The van der Waals surface area contributed by atoms with E-state index in [4.69, 9.17) is 9.47 Å². The number of hydrogen-bond donors (Lipinski definition) is 1. The summed E-state index contributed by atoms with van der Waals surface area (Å²) < 4.78 is 13.1. The Bertz CT molecular complexity index is 1170. The number of benzene rings is 1. The number of carboxylic acids is 1. The Morgan fingerprint density at radius 1 is 1.17 bits per heavy atom. The van der Waals surface area contributed by atoms with Crippen molar-refractivity contribution in [3.63, 3.8) is 0 Å². The molecular formula is C26H31N5O5. The van der Waals surface area contributed by atoms with Gasteiger partial charge in [0.2, 0.25) is 0 Å². The van der Waals surface area contributed by atoms with Gasteiger partial charge in [0.25, 0.3) is 0 Å². The molecule has 1 amide bonds. The number of nitrogens with zero attached hydrogens (tertiary/aromatic N) is 5. The van der Waals surface area contributed by atoms with Crippen molar-refractivity contribution in [3.8, 4) is 17.1 Å². The van der Waals surface area contributed by atoms with E-state index in [1.54, 1.807) is 42.0 Å². The van der Waals surface area contributed by atoms with Crippen molar-refractivity contribution in [1.29, 1.82) is 0 Å². The van der Waals surface area contributed by atoms with Crippen LogP contribution in [0.1, 0.15) is 36.9 Å². The van der Waals surface area contributed by atoms with E-state index in [0.29, 0.717) is 42.2 Å². The molecule has 0 unspecified atom stereocenters. The fourth-order valence-electron chi connectivity index (χ4n) is 4.27. The topological polar surface area (TPSA) is 120 Å². The molecule has 0 saturated heterocycles. The van der Waals surface area contributed by atoms with Gasteiger partial charge in [-0.15, -0.1) is 5.10 Å². The van der Waals surface area contributed by atoms with E-state index in [9.17, 15) is 14.7 Å². The van der Waals surface area contributed by atoms with E-state index in [2.05, 4.69) is 15.3 Å². The lowest BCUT2D eigenvalue weighted by Crippen LogP contribution is -2.29. The van der Waals surface area contributed by atoms with E-state index in [0.717, 1.165) is 24.8 Å². The lowest BCUT2D eigenvalue weighted by Gasteiger charge is -2.27. The fourth-order valence-corrected chi connectivity index (χ4v) is 4.27. The van der Waals surface area contributed by atoms with Gasteiger partial charge in [-0.25, -0.2) is 9.48 Å². The summed E-state index contributed by atoms with van der Waals surface area (Å²) in [6, 6.07) is 13.5. The smallest absolute Gasteiger partial charge is 0.409 e. The van der Waals surface area contributed by atoms with Crippen LogP contribution in [0.25, 0.3) is 11.4 Å². The molecule has 1 aromatic carbocycles. The molecule has 1 fully saturated rings. The third-order valence-corrected chi connectivity index (χ3v) is 6.42. The van der Waals surface area contributed by atoms with E-state index < -0.39 is 12.1 Å². The maximum absolute atomic E-state index is 12.5. The average molecular weight is 494 g/mol. The first-order valence-corrected chi connectivity index (χ1v) is 12.1. The van der Waals surface area contributed by atoms with Crippen molar-refractivity contribution < 1.29 is 24.2 Å². The number of pyridine rings is 1. The highest BCUT2D eigenvalue weighted by atomic mass is 16.6. The maximum Gasteiger partial charge on any atom is 0.409 e. The highest BCUT2D eigenvalue weighted by Gasteiger charge is 2.28. The van der Waals surface area contributed by atoms with Crippen LogP contribution in [0.2, 0.25) is 0 Å². The van der Waals surface area contributed by atoms with Crippen molar-refractivity contribution in [2.24, 2.45) is 13.0 Å². The molecule has 1 aliphatic rings. The van der Waals surface area contributed by atoms with Gasteiger partial charge in [0.05, 0.1) is 23.9 Å². The van der Waals surface area contributed by atoms with Crippen LogP contribution in [0.4, 0.5) is 4.79 Å². The van der Waals surface area contributed by atoms with Gasteiger partial charge >= 0.3 is 12.1 Å². The molecule has 1 N–H and O–H groups in total. The Morgan fingerprint density at radius 2 is 1.97 bits per heavy atom. The van der Waals surface area contributed by atoms with Gasteiger partial charge in [0.15, 0.2) is 0 Å². The van der Waals surface area contributed by atoms with Gasteiger partial charge in [-0.3, -0.25) is 9.78 Å². The molecule has 2 aromatic heterocycles. The minimum atomic E-state index is -0.768. The highest BCUT2D eigenvalue weighted by molar-refractivity contribution is 5.70. The molecule has 2 atom stereocenters. The van der Waals surface area contributed by atoms with Crippen molar-refractivity contribution in [3.05, 3.63) is 59.9 Å². The monoisotopic (exact) mass is 493 g/mol. The summed E-state index contributed by atoms with van der Waals surface area (Å²) in [5.41, 5.74) is 2.87. The number of aromatic nitrogens is 4. The van der Waals surface area contributed by atoms with Gasteiger partial charge < -0.3 is 19.5 Å². The average Bonchev–Trinajstić information content (AvgIpc) is 3.27. The molecule has 0 aliphatic heterocycles. The van der Waals surface area contributed by atoms with Crippen molar-refractivity contribution in [1.82, 2.24) is 24.9 Å². The number of carbonyl (C=O) groups excluding carboxylic acids is 1. The second kappa shape index (κ2) is 11.7. The van der Waals surface area contributed by atoms with Crippen LogP contribution in [0, 0.1) is 5.92 Å². The zero-order valence-electron chi connectivity index (χ0n) is 20.5. The molecule has 10 nitrogen and oxygen atoms in total. The largest absolute Gasteiger partial charge is 0.489 e. The standard InChI is InChI=1S/C26H31N5O5/c1-30(14-13-18-7-4-3-5-8-18)26(34)35-17-23-24(28-29-31(23)2)22-12-11-21(16-27-22)36-20-10-6-9-19(15-20)25(32)33/h3-5,7-8,11-12,16,19-20H,6,9-10,13-15,17H2,1-2H3,(H,32,33)/t19-,20-/m0/s1. The molecule has 36 heavy (non-hydrogen) atoms. The van der Waals surface area contributed by atoms with Crippen molar-refractivity contribution in [2.75, 3.05) is 13.6 Å². The van der Waals surface area contributed by atoms with Crippen LogP contribution in [0.3, 0.4) is 0 Å². The van der Waals surface area contributed by atoms with Crippen LogP contribution < -0.4 is 4.74 Å². The lowest BCUT2D eigenvalue weighted by molar-refractivity contribution is -0.143. The second-order valence-electron chi connectivity index (χ2n) is 9.04. The minimum absolute atomic E-state index is 0.00588. The Morgan fingerprint density at radius 3 is 2.69 bits per heavy atom. The van der Waals surface area contributed by atoms with Crippen LogP contribution in [-0.4, -0.2) is 61.7 Å². The van der Waals surface area contributed by atoms with Crippen LogP contribution in [0.5, 0.6) is 5.75 Å². The Balaban J connectivity index is 1.33. The Kier molecular flexibility index (Phi) is 8.14. The number of likely N-dealkylation sites (N-methyl/N-ethyl adjacent to an activating group) is 1. The quantitative estimate of drug-likeness (QED) is 0.479. The summed E-state index contributed by atoms with van der Waals surface area (Å²) in [5, 5.41) is 17.5. The number of amides is 1. The summed E-state index contributed by atoms with van der Waals surface area (Å²) in [5.74, 6) is -0.556. The predicted octanol–water partition coefficient (Wildman–Crippen LogP) is 3.71. The van der Waals surface area contributed by atoms with Crippen molar-refractivity contribution >= 4 is 12.1 Å². The third kappa shape index (κ3) is 6.38. The minimum Gasteiger partial charge on any atom is -0.489 e. The number of ether oxygens (including phenoxy) is 2. The highest BCUT2D eigenvalue weighted by Crippen LogP contribution is 2.29. The molecule has 0 radical (unpaired) electrons. The number of hydrogen-bond acceptors (Lipinski definition) is 7. The molecule has 3 aromatic rings. The van der Waals surface area contributed by atoms with E-state index in [-0.39, 0.29) is 18.6 Å². The molecule has 190 valence electrons. The van der Waals surface area contributed by atoms with Gasteiger partial charge in [-0.1, -0.05) is 35.5 Å². The summed E-state index contributed by atoms with van der Waals surface area (Å²) in [4.78, 5) is 29.8. The molecule has 0 spiro atoms. The predicted molar refractivity (Wildman–Crippen MR) is 131 cm³/mol. The molecular weight excluding hydrogens is 462 g/mol. The molecule has 1 saturated carbocycles. The summed E-state index contributed by atoms with van der Waals surface area (Å²) in [6.45, 7) is 0.544. The van der Waals surface area contributed by atoms with E-state index >= 15 is 0 Å². The number of rotatable bonds is 9. The number of aliphatic carboxylic acids is 1. The molecule has 1 aliphatic carbocycles. The van der Waals surface area contributed by atoms with E-state index in [1.807, 2.05) is 30.3 Å². The zero-order chi connectivity index (χ0) is 25.5. The van der Waals surface area contributed by atoms with Gasteiger partial charge in [0.1, 0.15) is 23.7 Å². The van der Waals surface area contributed by atoms with Gasteiger partial charge in [-0.05, 0) is 49.8 Å². The van der Waals surface area contributed by atoms with Gasteiger partial charge in [0, 0.05) is 20.6 Å². The van der Waals surface area contributed by atoms with Gasteiger partial charge in [-0.2, -0.15) is 0 Å². The van der Waals surface area contributed by atoms with Crippen LogP contribution >= 0.6 is 0 Å². The third-order valence-electron chi connectivity index (χ3n) is 6.42. The summed E-state index contributed by atoms with van der Waals surface area (Å²) in [6.07, 6.45) is 4.61. The normalized spacial score (nSPS) is 17.4. The van der Waals surface area contributed by atoms with Crippen LogP contribution in [0.15, 0.2) is 48.7 Å². The maximum atomic E-state index is 12.5. The zero-order valence-corrected chi connectivity index (χ0v) is 20.5. The van der Waals surface area contributed by atoms with Crippen LogP contribution in [-0.2, 0) is 29.6 Å². The molecule has 2 heterocycles. The number of aryl methyl sites for hydroxylation is 1. The van der Waals surface area contributed by atoms with E-state index in [1.165, 1.54) is 0 Å².